The van der Waals surface area contributed by atoms with Gasteiger partial charge in [-0.15, -0.1) is 0 Å². The van der Waals surface area contributed by atoms with Gasteiger partial charge in [-0.2, -0.15) is 0 Å². The SMILES string of the molecule is C[C@@H](C1C=CC=C1)N(C)C. The van der Waals surface area contributed by atoms with Crippen LogP contribution in [0.2, 0.25) is 0 Å². The van der Waals surface area contributed by atoms with Crippen LogP contribution in [0.5, 0.6) is 0 Å². The molecule has 0 aromatic heterocycles. The molecule has 1 heteroatoms. The van der Waals surface area contributed by atoms with Gasteiger partial charge in [0, 0.05) is 12.0 Å². The number of hydrogen-bond acceptors (Lipinski definition) is 1. The molecule has 0 aliphatic heterocycles. The lowest BCUT2D eigenvalue weighted by Gasteiger charge is -2.23. The van der Waals surface area contributed by atoms with Gasteiger partial charge < -0.3 is 4.90 Å². The summed E-state index contributed by atoms with van der Waals surface area (Å²) in [6.45, 7) is 2.24. The highest BCUT2D eigenvalue weighted by molar-refractivity contribution is 5.19. The third kappa shape index (κ3) is 1.48. The molecule has 0 saturated carbocycles. The standard InChI is InChI=1S/C9H15N/c1-8(10(2)3)9-6-4-5-7-9/h4-9H,1-3H3/t8-/m0/s1. The Hall–Kier alpha value is -0.560. The van der Waals surface area contributed by atoms with Crippen molar-refractivity contribution in [3.05, 3.63) is 24.3 Å². The molecule has 1 nitrogen and oxygen atoms in total. The second-order valence-corrected chi connectivity index (χ2v) is 3.05. The number of allylic oxidation sites excluding steroid dienone is 2. The van der Waals surface area contributed by atoms with Crippen LogP contribution in [0.4, 0.5) is 0 Å². The number of hydrogen-bond donors (Lipinski definition) is 0. The van der Waals surface area contributed by atoms with Gasteiger partial charge in [0.25, 0.3) is 0 Å². The summed E-state index contributed by atoms with van der Waals surface area (Å²) in [6, 6.07) is 0.620. The summed E-state index contributed by atoms with van der Waals surface area (Å²) >= 11 is 0. The molecular weight excluding hydrogens is 122 g/mol. The minimum atomic E-state index is 0.620. The van der Waals surface area contributed by atoms with Gasteiger partial charge in [-0.1, -0.05) is 24.3 Å². The Balaban J connectivity index is 2.49. The molecule has 0 amide bonds. The monoisotopic (exact) mass is 137 g/mol. The molecule has 56 valence electrons. The molecule has 0 heterocycles. The lowest BCUT2D eigenvalue weighted by atomic mass is 10.0. The first-order chi connectivity index (χ1) is 4.72. The van der Waals surface area contributed by atoms with E-state index in [0.717, 1.165) is 0 Å². The molecule has 1 atom stereocenters. The topological polar surface area (TPSA) is 3.24 Å². The lowest BCUT2D eigenvalue weighted by molar-refractivity contribution is 0.283. The molecule has 0 N–H and O–H groups in total. The van der Waals surface area contributed by atoms with E-state index in [0.29, 0.717) is 12.0 Å². The quantitative estimate of drug-likeness (QED) is 0.559. The Kier molecular flexibility index (Phi) is 2.28. The maximum atomic E-state index is 2.24. The fraction of sp³-hybridized carbons (Fsp3) is 0.556. The number of nitrogens with zero attached hydrogens (tertiary/aromatic N) is 1. The molecule has 1 rings (SSSR count). The van der Waals surface area contributed by atoms with E-state index in [9.17, 15) is 0 Å². The normalized spacial score (nSPS) is 20.8. The van der Waals surface area contributed by atoms with E-state index in [1.165, 1.54) is 0 Å². The Bertz CT molecular complexity index is 144. The summed E-state index contributed by atoms with van der Waals surface area (Å²) in [5, 5.41) is 0. The van der Waals surface area contributed by atoms with Gasteiger partial charge in [-0.25, -0.2) is 0 Å². The highest BCUT2D eigenvalue weighted by Crippen LogP contribution is 2.15. The predicted molar refractivity (Wildman–Crippen MR) is 44.9 cm³/mol. The Morgan fingerprint density at radius 2 is 1.70 bits per heavy atom. The smallest absolute Gasteiger partial charge is 0.0159 e. The number of rotatable bonds is 2. The van der Waals surface area contributed by atoms with Gasteiger partial charge in [0.15, 0.2) is 0 Å². The van der Waals surface area contributed by atoms with Gasteiger partial charge >= 0.3 is 0 Å². The molecule has 10 heavy (non-hydrogen) atoms. The van der Waals surface area contributed by atoms with Gasteiger partial charge in [-0.3, -0.25) is 0 Å². The predicted octanol–water partition coefficient (Wildman–Crippen LogP) is 1.68. The minimum absolute atomic E-state index is 0.620. The zero-order valence-corrected chi connectivity index (χ0v) is 6.91. The molecule has 0 aromatic rings. The third-order valence-corrected chi connectivity index (χ3v) is 2.15. The van der Waals surface area contributed by atoms with E-state index in [4.69, 9.17) is 0 Å². The van der Waals surface area contributed by atoms with Crippen LogP contribution in [0.3, 0.4) is 0 Å². The summed E-state index contributed by atoms with van der Waals surface area (Å²) in [5.41, 5.74) is 0. The molecule has 0 saturated heterocycles. The first-order valence-corrected chi connectivity index (χ1v) is 3.73. The van der Waals surface area contributed by atoms with E-state index in [1.54, 1.807) is 0 Å². The van der Waals surface area contributed by atoms with Gasteiger partial charge in [0.1, 0.15) is 0 Å². The van der Waals surface area contributed by atoms with Crippen LogP contribution in [-0.4, -0.2) is 25.0 Å². The van der Waals surface area contributed by atoms with E-state index < -0.39 is 0 Å². The maximum absolute atomic E-state index is 2.24. The van der Waals surface area contributed by atoms with Crippen LogP contribution in [0.15, 0.2) is 24.3 Å². The second-order valence-electron chi connectivity index (χ2n) is 3.05. The van der Waals surface area contributed by atoms with E-state index in [-0.39, 0.29) is 0 Å². The van der Waals surface area contributed by atoms with Crippen LogP contribution in [-0.2, 0) is 0 Å². The maximum Gasteiger partial charge on any atom is 0.0159 e. The molecular formula is C9H15N. The molecule has 0 bridgehead atoms. The lowest BCUT2D eigenvalue weighted by Crippen LogP contribution is -2.29. The summed E-state index contributed by atoms with van der Waals surface area (Å²) in [4.78, 5) is 2.24. The fourth-order valence-electron chi connectivity index (χ4n) is 1.11. The Morgan fingerprint density at radius 1 is 1.20 bits per heavy atom. The van der Waals surface area contributed by atoms with Crippen molar-refractivity contribution in [3.63, 3.8) is 0 Å². The third-order valence-electron chi connectivity index (χ3n) is 2.15. The second kappa shape index (κ2) is 3.02. The summed E-state index contributed by atoms with van der Waals surface area (Å²) in [6.07, 6.45) is 8.71. The summed E-state index contributed by atoms with van der Waals surface area (Å²) < 4.78 is 0. The molecule has 0 radical (unpaired) electrons. The van der Waals surface area contributed by atoms with Crippen molar-refractivity contribution in [1.29, 1.82) is 0 Å². The average molecular weight is 137 g/mol. The first kappa shape index (κ1) is 7.55. The summed E-state index contributed by atoms with van der Waals surface area (Å²) in [5.74, 6) is 0.620. The van der Waals surface area contributed by atoms with E-state index in [2.05, 4.69) is 50.2 Å². The van der Waals surface area contributed by atoms with E-state index in [1.807, 2.05) is 0 Å². The average Bonchev–Trinajstić information content (AvgIpc) is 2.36. The van der Waals surface area contributed by atoms with Crippen LogP contribution in [0.1, 0.15) is 6.92 Å². The van der Waals surface area contributed by atoms with Gasteiger partial charge in [-0.05, 0) is 21.0 Å². The van der Waals surface area contributed by atoms with Crippen molar-refractivity contribution in [2.75, 3.05) is 14.1 Å². The van der Waals surface area contributed by atoms with Crippen LogP contribution >= 0.6 is 0 Å². The Morgan fingerprint density at radius 3 is 2.10 bits per heavy atom. The highest BCUT2D eigenvalue weighted by Gasteiger charge is 2.14. The zero-order valence-electron chi connectivity index (χ0n) is 6.91. The minimum Gasteiger partial charge on any atom is -0.306 e. The van der Waals surface area contributed by atoms with Crippen LogP contribution in [0.25, 0.3) is 0 Å². The summed E-state index contributed by atoms with van der Waals surface area (Å²) in [7, 11) is 4.23. The van der Waals surface area contributed by atoms with Crippen molar-refractivity contribution >= 4 is 0 Å². The van der Waals surface area contributed by atoms with Crippen molar-refractivity contribution in [2.45, 2.75) is 13.0 Å². The molecule has 0 spiro atoms. The van der Waals surface area contributed by atoms with Crippen LogP contribution < -0.4 is 0 Å². The molecule has 0 aromatic carbocycles. The molecule has 1 aliphatic carbocycles. The van der Waals surface area contributed by atoms with Crippen LogP contribution in [0, 0.1) is 5.92 Å². The molecule has 0 fully saturated rings. The van der Waals surface area contributed by atoms with Crippen molar-refractivity contribution in [2.24, 2.45) is 5.92 Å². The van der Waals surface area contributed by atoms with Gasteiger partial charge in [0.2, 0.25) is 0 Å². The first-order valence-electron chi connectivity index (χ1n) is 3.73. The molecule has 0 unspecified atom stereocenters. The molecule has 1 aliphatic rings. The van der Waals surface area contributed by atoms with Crippen molar-refractivity contribution in [3.8, 4) is 0 Å². The zero-order chi connectivity index (χ0) is 7.56. The van der Waals surface area contributed by atoms with E-state index >= 15 is 0 Å². The largest absolute Gasteiger partial charge is 0.306 e. The highest BCUT2D eigenvalue weighted by atomic mass is 15.1. The fourth-order valence-corrected chi connectivity index (χ4v) is 1.11. The van der Waals surface area contributed by atoms with Gasteiger partial charge in [0.05, 0.1) is 0 Å². The Labute approximate surface area is 63.0 Å². The van der Waals surface area contributed by atoms with Crippen molar-refractivity contribution in [1.82, 2.24) is 4.90 Å². The van der Waals surface area contributed by atoms with Crippen molar-refractivity contribution < 1.29 is 0 Å².